The lowest BCUT2D eigenvalue weighted by Crippen LogP contribution is -1.98. The summed E-state index contributed by atoms with van der Waals surface area (Å²) in [6, 6.07) is 0. The molecule has 0 amide bonds. The third-order valence-corrected chi connectivity index (χ3v) is 0.867. The first-order valence-electron chi connectivity index (χ1n) is 3.41. The molecule has 0 spiro atoms. The Balaban J connectivity index is 0. The van der Waals surface area contributed by atoms with Crippen LogP contribution in [0.15, 0.2) is 24.3 Å². The number of hydrogen-bond donors (Lipinski definition) is 0. The van der Waals surface area contributed by atoms with Gasteiger partial charge in [-0.1, -0.05) is 18.7 Å². The van der Waals surface area contributed by atoms with Crippen LogP contribution >= 0.6 is 0 Å². The third kappa shape index (κ3) is 12.2. The zero-order valence-corrected chi connectivity index (χ0v) is 7.68. The molecule has 0 aromatic carbocycles. The second-order valence-electron chi connectivity index (χ2n) is 1.94. The van der Waals surface area contributed by atoms with Crippen molar-refractivity contribution in [3.8, 4) is 0 Å². The molecule has 2 heteroatoms. The van der Waals surface area contributed by atoms with Gasteiger partial charge in [0.25, 0.3) is 0 Å². The fraction of sp³-hybridized carbons (Fsp3) is 0.444. The monoisotopic (exact) mass is 156 g/mol. The zero-order valence-electron chi connectivity index (χ0n) is 7.68. The quantitative estimate of drug-likeness (QED) is 0.331. The Bertz CT molecular complexity index is 142. The van der Waals surface area contributed by atoms with Crippen LogP contribution in [0.2, 0.25) is 0 Å². The first kappa shape index (κ1) is 12.6. The van der Waals surface area contributed by atoms with Gasteiger partial charge in [0.05, 0.1) is 7.11 Å². The predicted octanol–water partition coefficient (Wildman–Crippen LogP) is 2.32. The number of rotatable bonds is 1. The molecular formula is C9H16O2. The molecule has 0 N–H and O–H groups in total. The van der Waals surface area contributed by atoms with Crippen LogP contribution in [0.1, 0.15) is 20.8 Å². The number of methoxy groups -OCH3 is 1. The summed E-state index contributed by atoms with van der Waals surface area (Å²) in [7, 11) is 1.33. The molecule has 0 aromatic heterocycles. The van der Waals surface area contributed by atoms with E-state index in [9.17, 15) is 4.79 Å². The SMILES string of the molecule is C=C(C)C(=O)OC.CC=CC. The van der Waals surface area contributed by atoms with Crippen LogP contribution in [-0.4, -0.2) is 13.1 Å². The molecule has 0 saturated carbocycles. The Hall–Kier alpha value is -1.05. The molecule has 2 nitrogen and oxygen atoms in total. The normalized spacial score (nSPS) is 8.36. The highest BCUT2D eigenvalue weighted by Gasteiger charge is 1.95. The summed E-state index contributed by atoms with van der Waals surface area (Å²) < 4.78 is 4.27. The molecule has 11 heavy (non-hydrogen) atoms. The van der Waals surface area contributed by atoms with E-state index < -0.39 is 0 Å². The molecule has 64 valence electrons. The Labute approximate surface area is 68.6 Å². The second-order valence-corrected chi connectivity index (χ2v) is 1.94. The van der Waals surface area contributed by atoms with Crippen molar-refractivity contribution in [3.63, 3.8) is 0 Å². The minimum absolute atomic E-state index is 0.347. The van der Waals surface area contributed by atoms with Crippen molar-refractivity contribution in [1.29, 1.82) is 0 Å². The summed E-state index contributed by atoms with van der Waals surface area (Å²) >= 11 is 0. The van der Waals surface area contributed by atoms with Crippen molar-refractivity contribution >= 4 is 5.97 Å². The largest absolute Gasteiger partial charge is 0.466 e. The van der Waals surface area contributed by atoms with E-state index in [4.69, 9.17) is 0 Å². The highest BCUT2D eigenvalue weighted by Crippen LogP contribution is 1.87. The van der Waals surface area contributed by atoms with Gasteiger partial charge in [-0.3, -0.25) is 0 Å². The maximum atomic E-state index is 10.2. The van der Waals surface area contributed by atoms with Gasteiger partial charge in [-0.2, -0.15) is 0 Å². The highest BCUT2D eigenvalue weighted by atomic mass is 16.5. The van der Waals surface area contributed by atoms with Gasteiger partial charge in [0, 0.05) is 5.57 Å². The molecule has 0 unspecified atom stereocenters. The van der Waals surface area contributed by atoms with Crippen LogP contribution in [0.4, 0.5) is 0 Å². The molecule has 0 atom stereocenters. The van der Waals surface area contributed by atoms with Crippen molar-refractivity contribution in [3.05, 3.63) is 24.3 Å². The van der Waals surface area contributed by atoms with Crippen LogP contribution in [0.5, 0.6) is 0 Å². The molecule has 0 radical (unpaired) electrons. The number of hydrogen-bond acceptors (Lipinski definition) is 2. The molecule has 0 aromatic rings. The Morgan fingerprint density at radius 3 is 1.73 bits per heavy atom. The molecular weight excluding hydrogens is 140 g/mol. The smallest absolute Gasteiger partial charge is 0.332 e. The summed E-state index contributed by atoms with van der Waals surface area (Å²) in [6.45, 7) is 8.95. The van der Waals surface area contributed by atoms with Gasteiger partial charge in [-0.05, 0) is 20.8 Å². The molecule has 0 fully saturated rings. The molecule has 0 aliphatic carbocycles. The van der Waals surface area contributed by atoms with E-state index in [0.717, 1.165) is 0 Å². The topological polar surface area (TPSA) is 26.3 Å². The van der Waals surface area contributed by atoms with Gasteiger partial charge in [-0.25, -0.2) is 4.79 Å². The standard InChI is InChI=1S/C5H8O2.C4H8/c1-4(2)5(6)7-3;1-3-4-2/h1H2,2-3H3;3-4H,1-2H3. The summed E-state index contributed by atoms with van der Waals surface area (Å²) in [5, 5.41) is 0. The van der Waals surface area contributed by atoms with E-state index in [1.54, 1.807) is 6.92 Å². The van der Waals surface area contributed by atoms with Gasteiger partial charge in [0.15, 0.2) is 0 Å². The highest BCUT2D eigenvalue weighted by molar-refractivity contribution is 5.86. The molecule has 0 aliphatic heterocycles. The maximum absolute atomic E-state index is 10.2. The number of allylic oxidation sites excluding steroid dienone is 2. The van der Waals surface area contributed by atoms with Crippen LogP contribution in [0.3, 0.4) is 0 Å². The minimum atomic E-state index is -0.347. The van der Waals surface area contributed by atoms with E-state index in [1.807, 2.05) is 26.0 Å². The van der Waals surface area contributed by atoms with Gasteiger partial charge in [0.1, 0.15) is 0 Å². The molecule has 0 aliphatic rings. The number of ether oxygens (including phenoxy) is 1. The van der Waals surface area contributed by atoms with Crippen LogP contribution in [0.25, 0.3) is 0 Å². The predicted molar refractivity (Wildman–Crippen MR) is 47.3 cm³/mol. The first-order chi connectivity index (χ1) is 5.09. The van der Waals surface area contributed by atoms with Crippen molar-refractivity contribution in [1.82, 2.24) is 0 Å². The van der Waals surface area contributed by atoms with Crippen LogP contribution in [0, 0.1) is 0 Å². The van der Waals surface area contributed by atoms with E-state index in [0.29, 0.717) is 5.57 Å². The minimum Gasteiger partial charge on any atom is -0.466 e. The number of esters is 1. The third-order valence-electron chi connectivity index (χ3n) is 0.867. The van der Waals surface area contributed by atoms with Crippen molar-refractivity contribution < 1.29 is 9.53 Å². The van der Waals surface area contributed by atoms with Gasteiger partial charge < -0.3 is 4.74 Å². The maximum Gasteiger partial charge on any atom is 0.332 e. The van der Waals surface area contributed by atoms with E-state index in [1.165, 1.54) is 7.11 Å². The Morgan fingerprint density at radius 2 is 1.73 bits per heavy atom. The molecule has 0 rings (SSSR count). The van der Waals surface area contributed by atoms with Gasteiger partial charge in [0.2, 0.25) is 0 Å². The molecule has 0 bridgehead atoms. The van der Waals surface area contributed by atoms with Crippen molar-refractivity contribution in [2.75, 3.05) is 7.11 Å². The Kier molecular flexibility index (Phi) is 10.3. The van der Waals surface area contributed by atoms with E-state index in [2.05, 4.69) is 11.3 Å². The lowest BCUT2D eigenvalue weighted by Gasteiger charge is -1.91. The summed E-state index contributed by atoms with van der Waals surface area (Å²) in [5.74, 6) is -0.347. The van der Waals surface area contributed by atoms with Crippen molar-refractivity contribution in [2.45, 2.75) is 20.8 Å². The second kappa shape index (κ2) is 8.95. The summed E-state index contributed by atoms with van der Waals surface area (Å²) in [6.07, 6.45) is 4.00. The average molecular weight is 156 g/mol. The summed E-state index contributed by atoms with van der Waals surface area (Å²) in [5.41, 5.74) is 0.433. The van der Waals surface area contributed by atoms with Crippen LogP contribution in [-0.2, 0) is 9.53 Å². The van der Waals surface area contributed by atoms with Gasteiger partial charge in [-0.15, -0.1) is 0 Å². The number of carbonyl (C=O) groups excluding carboxylic acids is 1. The number of carbonyl (C=O) groups is 1. The molecule has 0 heterocycles. The fourth-order valence-electron chi connectivity index (χ4n) is 0.174. The molecule has 0 saturated heterocycles. The lowest BCUT2D eigenvalue weighted by atomic mass is 10.4. The Morgan fingerprint density at radius 1 is 1.36 bits per heavy atom. The zero-order chi connectivity index (χ0) is 9.28. The van der Waals surface area contributed by atoms with E-state index >= 15 is 0 Å². The average Bonchev–Trinajstić information content (AvgIpc) is 2.03. The first-order valence-corrected chi connectivity index (χ1v) is 3.41. The van der Waals surface area contributed by atoms with Crippen LogP contribution < -0.4 is 0 Å². The fourth-order valence-corrected chi connectivity index (χ4v) is 0.174. The lowest BCUT2D eigenvalue weighted by molar-refractivity contribution is -0.136. The van der Waals surface area contributed by atoms with Crippen molar-refractivity contribution in [2.24, 2.45) is 0 Å². The van der Waals surface area contributed by atoms with E-state index in [-0.39, 0.29) is 5.97 Å². The summed E-state index contributed by atoms with van der Waals surface area (Å²) in [4.78, 5) is 10.2. The van der Waals surface area contributed by atoms with Gasteiger partial charge >= 0.3 is 5.97 Å².